The zero-order valence-corrected chi connectivity index (χ0v) is 14.6. The molecule has 0 aromatic heterocycles. The van der Waals surface area contributed by atoms with E-state index in [4.69, 9.17) is 4.74 Å². The minimum atomic E-state index is -3.54. The zero-order chi connectivity index (χ0) is 17.1. The number of para-hydroxylation sites is 1. The van der Waals surface area contributed by atoms with E-state index >= 15 is 0 Å². The summed E-state index contributed by atoms with van der Waals surface area (Å²) in [5.74, 6) is -0.181. The van der Waals surface area contributed by atoms with Crippen molar-refractivity contribution < 1.29 is 17.9 Å². The average Bonchev–Trinajstić information content (AvgIpc) is 2.55. The number of anilines is 1. The van der Waals surface area contributed by atoms with Crippen LogP contribution < -0.4 is 4.72 Å². The third-order valence-electron chi connectivity index (χ3n) is 4.16. The second-order valence-corrected chi connectivity index (χ2v) is 8.20. The van der Waals surface area contributed by atoms with E-state index < -0.39 is 20.9 Å². The van der Waals surface area contributed by atoms with E-state index in [2.05, 4.69) is 4.72 Å². The van der Waals surface area contributed by atoms with E-state index in [1.165, 1.54) is 7.11 Å². The fourth-order valence-corrected chi connectivity index (χ4v) is 4.08. The first-order valence-electron chi connectivity index (χ1n) is 7.67. The maximum Gasteiger partial charge on any atom is 0.254 e. The number of amides is 1. The Balaban J connectivity index is 2.10. The molecule has 23 heavy (non-hydrogen) atoms. The molecule has 0 unspecified atom stereocenters. The zero-order valence-electron chi connectivity index (χ0n) is 13.8. The number of carbonyl (C=O) groups is 1. The molecule has 1 aliphatic rings. The van der Waals surface area contributed by atoms with Crippen LogP contribution in [-0.2, 0) is 19.6 Å². The van der Waals surface area contributed by atoms with Gasteiger partial charge in [0.05, 0.1) is 5.25 Å². The van der Waals surface area contributed by atoms with Gasteiger partial charge < -0.3 is 9.64 Å². The van der Waals surface area contributed by atoms with Gasteiger partial charge in [-0.25, -0.2) is 8.42 Å². The predicted octanol–water partition coefficient (Wildman–Crippen LogP) is 1.84. The number of nitrogens with zero attached hydrogens (tertiary/aromatic N) is 1. The topological polar surface area (TPSA) is 75.7 Å². The first kappa shape index (κ1) is 17.7. The molecular formula is C16H24N2O4S. The van der Waals surface area contributed by atoms with Crippen molar-refractivity contribution in [3.8, 4) is 0 Å². The van der Waals surface area contributed by atoms with Crippen LogP contribution in [0.3, 0.4) is 0 Å². The highest BCUT2D eigenvalue weighted by Gasteiger charge is 2.38. The van der Waals surface area contributed by atoms with Crippen molar-refractivity contribution in [1.82, 2.24) is 4.90 Å². The molecular weight excluding hydrogens is 316 g/mol. The fourth-order valence-electron chi connectivity index (χ4n) is 2.60. The summed E-state index contributed by atoms with van der Waals surface area (Å²) in [6.45, 7) is 4.13. The van der Waals surface area contributed by atoms with E-state index in [0.29, 0.717) is 25.1 Å². The largest absolute Gasteiger partial charge is 0.369 e. The van der Waals surface area contributed by atoms with Gasteiger partial charge in [-0.3, -0.25) is 9.52 Å². The van der Waals surface area contributed by atoms with Crippen molar-refractivity contribution in [3.05, 3.63) is 30.3 Å². The molecule has 2 rings (SSSR count). The summed E-state index contributed by atoms with van der Waals surface area (Å²) in [5.41, 5.74) is -0.411. The number of benzene rings is 1. The summed E-state index contributed by atoms with van der Waals surface area (Å²) in [5, 5.41) is -0.618. The molecule has 1 fully saturated rings. The van der Waals surface area contributed by atoms with Crippen molar-refractivity contribution >= 4 is 21.6 Å². The average molecular weight is 340 g/mol. The summed E-state index contributed by atoms with van der Waals surface area (Å²) in [6.07, 6.45) is 1.20. The molecule has 1 amide bonds. The molecule has 1 aliphatic heterocycles. The SMILES string of the molecule is COC(C)(C)C(=O)N1CCC[C@H](S(=O)(=O)Nc2ccccc2)C1. The molecule has 7 heteroatoms. The minimum absolute atomic E-state index is 0.181. The molecule has 6 nitrogen and oxygen atoms in total. The Hall–Kier alpha value is -1.60. The summed E-state index contributed by atoms with van der Waals surface area (Å²) in [6, 6.07) is 8.78. The van der Waals surface area contributed by atoms with Crippen LogP contribution in [0.1, 0.15) is 26.7 Å². The number of likely N-dealkylation sites (tertiary alicyclic amines) is 1. The van der Waals surface area contributed by atoms with E-state index in [1.807, 2.05) is 6.07 Å². The number of methoxy groups -OCH3 is 1. The molecule has 128 valence electrons. The number of nitrogens with one attached hydrogen (secondary N) is 1. The van der Waals surface area contributed by atoms with Crippen LogP contribution in [0.4, 0.5) is 5.69 Å². The van der Waals surface area contributed by atoms with Crippen molar-refractivity contribution in [3.63, 3.8) is 0 Å². The predicted molar refractivity (Wildman–Crippen MR) is 89.7 cm³/mol. The smallest absolute Gasteiger partial charge is 0.254 e. The number of hydrogen-bond donors (Lipinski definition) is 1. The highest BCUT2D eigenvalue weighted by molar-refractivity contribution is 7.93. The first-order valence-corrected chi connectivity index (χ1v) is 9.22. The molecule has 1 heterocycles. The molecule has 0 saturated carbocycles. The summed E-state index contributed by atoms with van der Waals surface area (Å²) in [4.78, 5) is 14.1. The molecule has 1 N–H and O–H groups in total. The first-order chi connectivity index (χ1) is 10.8. The number of carbonyl (C=O) groups excluding carboxylic acids is 1. The number of ether oxygens (including phenoxy) is 1. The molecule has 0 spiro atoms. The van der Waals surface area contributed by atoms with Gasteiger partial charge in [0.15, 0.2) is 0 Å². The van der Waals surface area contributed by atoms with Crippen LogP contribution in [0.2, 0.25) is 0 Å². The van der Waals surface area contributed by atoms with Gasteiger partial charge in [-0.1, -0.05) is 18.2 Å². The maximum atomic E-state index is 12.6. The van der Waals surface area contributed by atoms with Gasteiger partial charge in [0.2, 0.25) is 10.0 Å². The van der Waals surface area contributed by atoms with E-state index in [9.17, 15) is 13.2 Å². The number of sulfonamides is 1. The van der Waals surface area contributed by atoms with Crippen LogP contribution >= 0.6 is 0 Å². The van der Waals surface area contributed by atoms with Gasteiger partial charge >= 0.3 is 0 Å². The standard InChI is InChI=1S/C16H24N2O4S/c1-16(2,22-3)15(19)18-11-7-10-14(12-18)23(20,21)17-13-8-5-4-6-9-13/h4-6,8-9,14,17H,7,10-12H2,1-3H3/t14-/m0/s1. The second-order valence-electron chi connectivity index (χ2n) is 6.24. The molecule has 0 radical (unpaired) electrons. The fraction of sp³-hybridized carbons (Fsp3) is 0.562. The van der Waals surface area contributed by atoms with E-state index in [0.717, 1.165) is 0 Å². The number of hydrogen-bond acceptors (Lipinski definition) is 4. The van der Waals surface area contributed by atoms with Gasteiger partial charge in [-0.15, -0.1) is 0 Å². The molecule has 1 atom stereocenters. The quantitative estimate of drug-likeness (QED) is 0.887. The van der Waals surface area contributed by atoms with Gasteiger partial charge in [-0.05, 0) is 38.8 Å². The van der Waals surface area contributed by atoms with Crippen molar-refractivity contribution in [2.75, 3.05) is 24.9 Å². The monoisotopic (exact) mass is 340 g/mol. The van der Waals surface area contributed by atoms with Gasteiger partial charge in [-0.2, -0.15) is 0 Å². The lowest BCUT2D eigenvalue weighted by atomic mass is 10.0. The summed E-state index contributed by atoms with van der Waals surface area (Å²) in [7, 11) is -2.06. The van der Waals surface area contributed by atoms with Gasteiger partial charge in [0, 0.05) is 25.9 Å². The maximum absolute atomic E-state index is 12.6. The third-order valence-corrected chi connectivity index (χ3v) is 5.95. The molecule has 1 aromatic rings. The van der Waals surface area contributed by atoms with Crippen LogP contribution in [-0.4, -0.2) is 50.3 Å². The van der Waals surface area contributed by atoms with Gasteiger partial charge in [0.25, 0.3) is 5.91 Å². The third kappa shape index (κ3) is 4.23. The van der Waals surface area contributed by atoms with E-state index in [-0.39, 0.29) is 12.5 Å². The lowest BCUT2D eigenvalue weighted by Crippen LogP contribution is -2.53. The van der Waals surface area contributed by atoms with Crippen molar-refractivity contribution in [2.24, 2.45) is 0 Å². The van der Waals surface area contributed by atoms with Gasteiger partial charge in [0.1, 0.15) is 5.60 Å². The van der Waals surface area contributed by atoms with E-state index in [1.54, 1.807) is 43.0 Å². The Bertz CT molecular complexity index is 643. The Morgan fingerprint density at radius 2 is 1.96 bits per heavy atom. The Labute approximate surface area is 137 Å². The van der Waals surface area contributed by atoms with Crippen LogP contribution in [0, 0.1) is 0 Å². The lowest BCUT2D eigenvalue weighted by Gasteiger charge is -2.36. The molecule has 0 aliphatic carbocycles. The highest BCUT2D eigenvalue weighted by Crippen LogP contribution is 2.22. The highest BCUT2D eigenvalue weighted by atomic mass is 32.2. The Morgan fingerprint density at radius 1 is 1.30 bits per heavy atom. The lowest BCUT2D eigenvalue weighted by molar-refractivity contribution is -0.151. The normalized spacial score (nSPS) is 19.4. The molecule has 1 aromatic carbocycles. The minimum Gasteiger partial charge on any atom is -0.369 e. The molecule has 0 bridgehead atoms. The number of piperidine rings is 1. The van der Waals surface area contributed by atoms with Crippen LogP contribution in [0.5, 0.6) is 0 Å². The van der Waals surface area contributed by atoms with Crippen molar-refractivity contribution in [1.29, 1.82) is 0 Å². The summed E-state index contributed by atoms with van der Waals surface area (Å²) < 4.78 is 32.9. The second kappa shape index (κ2) is 6.88. The summed E-state index contributed by atoms with van der Waals surface area (Å²) >= 11 is 0. The Kier molecular flexibility index (Phi) is 5.31. The molecule has 1 saturated heterocycles. The Morgan fingerprint density at radius 3 is 2.57 bits per heavy atom. The van der Waals surface area contributed by atoms with Crippen LogP contribution in [0.25, 0.3) is 0 Å². The van der Waals surface area contributed by atoms with Crippen LogP contribution in [0.15, 0.2) is 30.3 Å². The van der Waals surface area contributed by atoms with Crippen molar-refractivity contribution in [2.45, 2.75) is 37.5 Å². The number of rotatable bonds is 5.